The molecular formula is C25H41N7OS. The summed E-state index contributed by atoms with van der Waals surface area (Å²) < 4.78 is 1.97. The molecule has 3 N–H and O–H groups in total. The van der Waals surface area contributed by atoms with Crippen molar-refractivity contribution in [3.05, 3.63) is 35.8 Å². The van der Waals surface area contributed by atoms with Crippen molar-refractivity contribution in [2.24, 2.45) is 15.9 Å². The van der Waals surface area contributed by atoms with Crippen LogP contribution in [0.2, 0.25) is 0 Å². The monoisotopic (exact) mass is 487 g/mol. The van der Waals surface area contributed by atoms with Crippen LogP contribution in [0.25, 0.3) is 0 Å². The molecule has 2 aromatic rings. The molecule has 0 radical (unpaired) electrons. The molecule has 0 aliphatic rings. The Morgan fingerprint density at radius 2 is 1.79 bits per heavy atom. The zero-order valence-electron chi connectivity index (χ0n) is 21.9. The van der Waals surface area contributed by atoms with Gasteiger partial charge in [-0.25, -0.2) is 10.4 Å². The first-order chi connectivity index (χ1) is 16.3. The number of hydrogen-bond donors (Lipinski definition) is 3. The minimum absolute atomic E-state index is 0.00602. The number of carbonyl (C=O) groups is 1. The Morgan fingerprint density at radius 1 is 1.15 bits per heavy atom. The smallest absolute Gasteiger partial charge is 0.233 e. The molecule has 0 aliphatic carbocycles. The molecule has 0 saturated carbocycles. The minimum atomic E-state index is -0.00602. The first kappa shape index (κ1) is 29.4. The minimum Gasteiger partial charge on any atom is -0.326 e. The van der Waals surface area contributed by atoms with Crippen molar-refractivity contribution in [3.8, 4) is 0 Å². The Morgan fingerprint density at radius 3 is 2.32 bits per heavy atom. The highest BCUT2D eigenvalue weighted by Gasteiger charge is 2.11. The Bertz CT molecular complexity index is 984. The quantitative estimate of drug-likeness (QED) is 0.197. The summed E-state index contributed by atoms with van der Waals surface area (Å²) in [5.41, 5.74) is 7.69. The van der Waals surface area contributed by atoms with Crippen LogP contribution in [0.1, 0.15) is 61.3 Å². The van der Waals surface area contributed by atoms with Gasteiger partial charge in [0, 0.05) is 42.7 Å². The lowest BCUT2D eigenvalue weighted by molar-refractivity contribution is -0.119. The summed E-state index contributed by atoms with van der Waals surface area (Å²) in [6.45, 7) is 15.6. The SMILES string of the molecule is CCC.CCNN/C(C)=N/c1nc(Sc2ccc(NC(=O)C(C)CC)cc2)cc(=NC)n1CC. The molecule has 1 atom stereocenters. The van der Waals surface area contributed by atoms with E-state index in [1.165, 1.54) is 18.2 Å². The largest absolute Gasteiger partial charge is 0.326 e. The molecule has 2 rings (SSSR count). The Kier molecular flexibility index (Phi) is 13.9. The second kappa shape index (κ2) is 16.1. The highest BCUT2D eigenvalue weighted by molar-refractivity contribution is 7.99. The number of aromatic nitrogens is 2. The number of rotatable bonds is 9. The second-order valence-corrected chi connectivity index (χ2v) is 8.80. The fraction of sp³-hybridized carbons (Fsp3) is 0.520. The van der Waals surface area contributed by atoms with E-state index in [-0.39, 0.29) is 11.8 Å². The topological polar surface area (TPSA) is 95.7 Å². The summed E-state index contributed by atoms with van der Waals surface area (Å²) in [7, 11) is 1.77. The molecule has 9 heteroatoms. The maximum Gasteiger partial charge on any atom is 0.233 e. The normalized spacial score (nSPS) is 12.6. The number of carbonyl (C=O) groups excluding carboxylic acids is 1. The first-order valence-electron chi connectivity index (χ1n) is 12.0. The van der Waals surface area contributed by atoms with E-state index in [9.17, 15) is 4.79 Å². The second-order valence-electron chi connectivity index (χ2n) is 7.71. The Labute approximate surface area is 208 Å². The molecule has 0 spiro atoms. The molecule has 8 nitrogen and oxygen atoms in total. The van der Waals surface area contributed by atoms with Gasteiger partial charge in [0.15, 0.2) is 0 Å². The van der Waals surface area contributed by atoms with E-state index >= 15 is 0 Å². The van der Waals surface area contributed by atoms with Crippen molar-refractivity contribution in [1.82, 2.24) is 20.4 Å². The predicted molar refractivity (Wildman–Crippen MR) is 144 cm³/mol. The lowest BCUT2D eigenvalue weighted by atomic mass is 10.1. The number of hydrazine groups is 1. The van der Waals surface area contributed by atoms with E-state index in [0.29, 0.717) is 12.5 Å². The van der Waals surface area contributed by atoms with Gasteiger partial charge in [0.05, 0.1) is 0 Å². The van der Waals surface area contributed by atoms with Crippen molar-refractivity contribution in [1.29, 1.82) is 0 Å². The highest BCUT2D eigenvalue weighted by Crippen LogP contribution is 2.28. The van der Waals surface area contributed by atoms with Crippen LogP contribution in [0.3, 0.4) is 0 Å². The van der Waals surface area contributed by atoms with E-state index in [1.54, 1.807) is 7.05 Å². The molecular weight excluding hydrogens is 446 g/mol. The molecule has 188 valence electrons. The third kappa shape index (κ3) is 9.69. The Hall–Kier alpha value is -2.65. The van der Waals surface area contributed by atoms with Crippen LogP contribution < -0.4 is 21.7 Å². The summed E-state index contributed by atoms with van der Waals surface area (Å²) in [6, 6.07) is 9.73. The lowest BCUT2D eigenvalue weighted by Gasteiger charge is -2.12. The van der Waals surface area contributed by atoms with Crippen LogP contribution in [0.15, 0.2) is 50.2 Å². The maximum atomic E-state index is 12.1. The van der Waals surface area contributed by atoms with Crippen molar-refractivity contribution in [2.45, 2.75) is 77.8 Å². The number of anilines is 1. The van der Waals surface area contributed by atoms with E-state index < -0.39 is 0 Å². The third-order valence-corrected chi connectivity index (χ3v) is 5.57. The molecule has 0 aliphatic heterocycles. The van der Waals surface area contributed by atoms with Crippen LogP contribution in [-0.2, 0) is 11.3 Å². The van der Waals surface area contributed by atoms with Crippen LogP contribution in [0, 0.1) is 5.92 Å². The van der Waals surface area contributed by atoms with Gasteiger partial charge < -0.3 is 10.7 Å². The third-order valence-electron chi connectivity index (χ3n) is 4.64. The molecule has 0 bridgehead atoms. The molecule has 1 amide bonds. The van der Waals surface area contributed by atoms with Crippen LogP contribution in [0.4, 0.5) is 11.6 Å². The maximum absolute atomic E-state index is 12.1. The molecule has 0 saturated heterocycles. The number of nitrogens with zero attached hydrogens (tertiary/aromatic N) is 4. The average Bonchev–Trinajstić information content (AvgIpc) is 2.83. The summed E-state index contributed by atoms with van der Waals surface area (Å²) in [4.78, 5) is 26.9. The van der Waals surface area contributed by atoms with Gasteiger partial charge in [-0.15, -0.1) is 0 Å². The average molecular weight is 488 g/mol. The Balaban J connectivity index is 0.00000182. The predicted octanol–water partition coefficient (Wildman–Crippen LogP) is 5.15. The van der Waals surface area contributed by atoms with E-state index in [1.807, 2.05) is 69.5 Å². The van der Waals surface area contributed by atoms with Gasteiger partial charge in [-0.1, -0.05) is 52.8 Å². The molecule has 0 fully saturated rings. The number of aliphatic imine (C=N–C) groups is 1. The van der Waals surface area contributed by atoms with Crippen molar-refractivity contribution < 1.29 is 4.79 Å². The van der Waals surface area contributed by atoms with Gasteiger partial charge in [0.25, 0.3) is 0 Å². The fourth-order valence-electron chi connectivity index (χ4n) is 2.68. The van der Waals surface area contributed by atoms with Gasteiger partial charge in [-0.05, 0) is 44.5 Å². The summed E-state index contributed by atoms with van der Waals surface area (Å²) >= 11 is 1.53. The van der Waals surface area contributed by atoms with Gasteiger partial charge >= 0.3 is 0 Å². The molecule has 1 heterocycles. The number of nitrogens with one attached hydrogen (secondary N) is 3. The highest BCUT2D eigenvalue weighted by atomic mass is 32.2. The summed E-state index contributed by atoms with van der Waals surface area (Å²) in [6.07, 6.45) is 2.07. The fourth-order valence-corrected chi connectivity index (χ4v) is 3.49. The van der Waals surface area contributed by atoms with Gasteiger partial charge in [-0.3, -0.25) is 14.4 Å². The van der Waals surface area contributed by atoms with E-state index in [0.717, 1.165) is 39.9 Å². The molecule has 1 unspecified atom stereocenters. The number of amides is 1. The van der Waals surface area contributed by atoms with Crippen LogP contribution >= 0.6 is 11.8 Å². The van der Waals surface area contributed by atoms with Crippen molar-refractivity contribution in [2.75, 3.05) is 18.9 Å². The number of benzene rings is 1. The zero-order valence-corrected chi connectivity index (χ0v) is 22.7. The lowest BCUT2D eigenvalue weighted by Crippen LogP contribution is -2.35. The number of amidine groups is 1. The van der Waals surface area contributed by atoms with E-state index in [2.05, 4.69) is 40.0 Å². The van der Waals surface area contributed by atoms with Crippen LogP contribution in [-0.4, -0.2) is 34.9 Å². The first-order valence-corrected chi connectivity index (χ1v) is 12.8. The summed E-state index contributed by atoms with van der Waals surface area (Å²) in [5.74, 6) is 1.35. The molecule has 34 heavy (non-hydrogen) atoms. The van der Waals surface area contributed by atoms with Gasteiger partial charge in [-0.2, -0.15) is 4.99 Å². The molecule has 1 aromatic heterocycles. The van der Waals surface area contributed by atoms with Gasteiger partial charge in [0.2, 0.25) is 11.9 Å². The van der Waals surface area contributed by atoms with Crippen molar-refractivity contribution in [3.63, 3.8) is 0 Å². The van der Waals surface area contributed by atoms with Gasteiger partial charge in [0.1, 0.15) is 16.3 Å². The van der Waals surface area contributed by atoms with Crippen molar-refractivity contribution >= 4 is 35.1 Å². The summed E-state index contributed by atoms with van der Waals surface area (Å²) in [5, 5.41) is 3.75. The van der Waals surface area contributed by atoms with Crippen LogP contribution in [0.5, 0.6) is 0 Å². The molecule has 1 aromatic carbocycles. The number of hydrogen-bond acceptors (Lipinski definition) is 6. The van der Waals surface area contributed by atoms with E-state index in [4.69, 9.17) is 4.98 Å². The standard InChI is InChI=1S/C22H33N7OS.C3H8/c1-7-15(4)21(30)26-17-10-12-18(13-11-17)31-20-14-19(23-6)29(9-3)22(27-20)25-16(5)28-24-8-2;1-3-2/h10-15,24H,7-9H2,1-6H3,(H,26,30)(H,25,27,28);3H2,1-2H3. The zero-order chi connectivity index (χ0) is 25.5.